The van der Waals surface area contributed by atoms with Crippen LogP contribution in [-0.2, 0) is 11.2 Å². The normalized spacial score (nSPS) is 15.6. The van der Waals surface area contributed by atoms with Gasteiger partial charge in [0, 0.05) is 39.3 Å². The molecule has 6 nitrogen and oxygen atoms in total. The Kier molecular flexibility index (Phi) is 6.24. The van der Waals surface area contributed by atoms with Gasteiger partial charge in [0.2, 0.25) is 5.91 Å². The number of benzene rings is 1. The summed E-state index contributed by atoms with van der Waals surface area (Å²) in [6.45, 7) is 6.89. The number of rotatable bonds is 6. The summed E-state index contributed by atoms with van der Waals surface area (Å²) in [5, 5.41) is 0. The van der Waals surface area contributed by atoms with Crippen molar-refractivity contribution in [2.45, 2.75) is 13.3 Å². The second kappa shape index (κ2) is 8.17. The van der Waals surface area contributed by atoms with Gasteiger partial charge in [-0.25, -0.2) is 0 Å². The molecule has 23 heavy (non-hydrogen) atoms. The van der Waals surface area contributed by atoms with Crippen molar-refractivity contribution < 1.29 is 14.3 Å². The monoisotopic (exact) mass is 321 g/mol. The molecule has 0 atom stereocenters. The SMILES string of the molecule is COc1cc(C)c(CC(=O)N2CCN(CCN)CC2)cc1OC. The maximum absolute atomic E-state index is 12.5. The molecule has 1 saturated heterocycles. The highest BCUT2D eigenvalue weighted by Gasteiger charge is 2.21. The molecule has 6 heteroatoms. The standard InChI is InChI=1S/C17H27N3O3/c1-13-10-15(22-2)16(23-3)11-14(13)12-17(21)20-8-6-19(5-4-18)7-9-20/h10-11H,4-9,12,18H2,1-3H3. The fraction of sp³-hybridized carbons (Fsp3) is 0.588. The minimum absolute atomic E-state index is 0.160. The van der Waals surface area contributed by atoms with Crippen molar-refractivity contribution in [1.29, 1.82) is 0 Å². The third-order valence-electron chi connectivity index (χ3n) is 4.35. The van der Waals surface area contributed by atoms with Gasteiger partial charge in [0.15, 0.2) is 11.5 Å². The van der Waals surface area contributed by atoms with Crippen molar-refractivity contribution in [3.63, 3.8) is 0 Å². The molecular weight excluding hydrogens is 294 g/mol. The van der Waals surface area contributed by atoms with Crippen LogP contribution in [0.25, 0.3) is 0 Å². The average molecular weight is 321 g/mol. The number of hydrogen-bond acceptors (Lipinski definition) is 5. The first-order valence-electron chi connectivity index (χ1n) is 8.00. The van der Waals surface area contributed by atoms with Gasteiger partial charge < -0.3 is 20.1 Å². The van der Waals surface area contributed by atoms with E-state index in [9.17, 15) is 4.79 Å². The van der Waals surface area contributed by atoms with Gasteiger partial charge in [0.25, 0.3) is 0 Å². The largest absolute Gasteiger partial charge is 0.493 e. The zero-order valence-electron chi connectivity index (χ0n) is 14.3. The summed E-state index contributed by atoms with van der Waals surface area (Å²) in [6, 6.07) is 3.82. The van der Waals surface area contributed by atoms with E-state index in [0.29, 0.717) is 24.5 Å². The van der Waals surface area contributed by atoms with Gasteiger partial charge in [-0.15, -0.1) is 0 Å². The third-order valence-corrected chi connectivity index (χ3v) is 4.35. The number of amides is 1. The molecule has 2 N–H and O–H groups in total. The van der Waals surface area contributed by atoms with E-state index in [1.54, 1.807) is 14.2 Å². The molecule has 1 aromatic rings. The zero-order chi connectivity index (χ0) is 16.8. The summed E-state index contributed by atoms with van der Waals surface area (Å²) >= 11 is 0. The first-order valence-corrected chi connectivity index (χ1v) is 8.00. The number of carbonyl (C=O) groups is 1. The second-order valence-electron chi connectivity index (χ2n) is 5.82. The smallest absolute Gasteiger partial charge is 0.227 e. The number of carbonyl (C=O) groups excluding carboxylic acids is 1. The van der Waals surface area contributed by atoms with Crippen molar-refractivity contribution in [2.24, 2.45) is 5.73 Å². The molecule has 1 heterocycles. The first kappa shape index (κ1) is 17.6. The fourth-order valence-electron chi connectivity index (χ4n) is 2.89. The Labute approximate surface area is 138 Å². The van der Waals surface area contributed by atoms with E-state index in [4.69, 9.17) is 15.2 Å². The molecule has 0 spiro atoms. The number of aryl methyl sites for hydroxylation is 1. The van der Waals surface area contributed by atoms with Crippen molar-refractivity contribution in [3.8, 4) is 11.5 Å². The van der Waals surface area contributed by atoms with E-state index in [-0.39, 0.29) is 5.91 Å². The molecule has 1 aliphatic rings. The van der Waals surface area contributed by atoms with Crippen LogP contribution in [0.1, 0.15) is 11.1 Å². The summed E-state index contributed by atoms with van der Waals surface area (Å²) in [7, 11) is 3.22. The van der Waals surface area contributed by atoms with Crippen LogP contribution >= 0.6 is 0 Å². The van der Waals surface area contributed by atoms with Crippen LogP contribution in [0.4, 0.5) is 0 Å². The van der Waals surface area contributed by atoms with Crippen molar-refractivity contribution >= 4 is 5.91 Å². The van der Waals surface area contributed by atoms with E-state index in [0.717, 1.165) is 43.9 Å². The lowest BCUT2D eigenvalue weighted by atomic mass is 10.0. The Balaban J connectivity index is 2.00. The Morgan fingerprint density at radius 1 is 1.13 bits per heavy atom. The average Bonchev–Trinajstić information content (AvgIpc) is 2.57. The Bertz CT molecular complexity index is 540. The quantitative estimate of drug-likeness (QED) is 0.833. The second-order valence-corrected chi connectivity index (χ2v) is 5.82. The Morgan fingerprint density at radius 2 is 1.74 bits per heavy atom. The zero-order valence-corrected chi connectivity index (χ0v) is 14.3. The summed E-state index contributed by atoms with van der Waals surface area (Å²) in [6.07, 6.45) is 0.392. The minimum Gasteiger partial charge on any atom is -0.493 e. The third kappa shape index (κ3) is 4.36. The summed E-state index contributed by atoms with van der Waals surface area (Å²) in [4.78, 5) is 16.8. The van der Waals surface area contributed by atoms with Gasteiger partial charge in [-0.05, 0) is 30.2 Å². The first-order chi connectivity index (χ1) is 11.1. The number of hydrogen-bond donors (Lipinski definition) is 1. The molecule has 0 aliphatic carbocycles. The predicted octanol–water partition coefficient (Wildman–Crippen LogP) is 0.658. The van der Waals surface area contributed by atoms with Gasteiger partial charge in [0.05, 0.1) is 20.6 Å². The molecule has 0 saturated carbocycles. The number of nitrogens with zero attached hydrogens (tertiary/aromatic N) is 2. The van der Waals surface area contributed by atoms with E-state index < -0.39 is 0 Å². The van der Waals surface area contributed by atoms with Crippen molar-refractivity contribution in [3.05, 3.63) is 23.3 Å². The molecule has 0 aromatic heterocycles. The van der Waals surface area contributed by atoms with Crippen LogP contribution in [0.2, 0.25) is 0 Å². The number of methoxy groups -OCH3 is 2. The topological polar surface area (TPSA) is 68.0 Å². The molecule has 1 amide bonds. The van der Waals surface area contributed by atoms with Gasteiger partial charge >= 0.3 is 0 Å². The van der Waals surface area contributed by atoms with Gasteiger partial charge in [-0.3, -0.25) is 9.69 Å². The van der Waals surface area contributed by atoms with Crippen LogP contribution in [-0.4, -0.2) is 69.2 Å². The van der Waals surface area contributed by atoms with Crippen LogP contribution < -0.4 is 15.2 Å². The molecular formula is C17H27N3O3. The summed E-state index contributed by atoms with van der Waals surface area (Å²) in [5.41, 5.74) is 7.60. The number of piperazine rings is 1. The maximum Gasteiger partial charge on any atom is 0.227 e. The van der Waals surface area contributed by atoms with E-state index in [2.05, 4.69) is 4.90 Å². The number of ether oxygens (including phenoxy) is 2. The predicted molar refractivity (Wildman–Crippen MR) is 90.1 cm³/mol. The molecule has 0 radical (unpaired) electrons. The minimum atomic E-state index is 0.160. The van der Waals surface area contributed by atoms with E-state index in [1.165, 1.54) is 0 Å². The van der Waals surface area contributed by atoms with Crippen LogP contribution in [0.3, 0.4) is 0 Å². The van der Waals surface area contributed by atoms with Crippen LogP contribution in [0.15, 0.2) is 12.1 Å². The summed E-state index contributed by atoms with van der Waals surface area (Å²) in [5.74, 6) is 1.51. The van der Waals surface area contributed by atoms with Crippen LogP contribution in [0.5, 0.6) is 11.5 Å². The lowest BCUT2D eigenvalue weighted by Crippen LogP contribution is -2.50. The highest BCUT2D eigenvalue weighted by Crippen LogP contribution is 2.30. The molecule has 128 valence electrons. The number of nitrogens with two attached hydrogens (primary N) is 1. The van der Waals surface area contributed by atoms with Crippen LogP contribution in [0, 0.1) is 6.92 Å². The van der Waals surface area contributed by atoms with Crippen molar-refractivity contribution in [1.82, 2.24) is 9.80 Å². The highest BCUT2D eigenvalue weighted by atomic mass is 16.5. The molecule has 0 unspecified atom stereocenters. The lowest BCUT2D eigenvalue weighted by molar-refractivity contribution is -0.132. The van der Waals surface area contributed by atoms with E-state index in [1.807, 2.05) is 24.0 Å². The fourth-order valence-corrected chi connectivity index (χ4v) is 2.89. The molecule has 2 rings (SSSR count). The van der Waals surface area contributed by atoms with Gasteiger partial charge in [-0.2, -0.15) is 0 Å². The molecule has 1 aliphatic heterocycles. The van der Waals surface area contributed by atoms with Gasteiger partial charge in [0.1, 0.15) is 0 Å². The molecule has 1 fully saturated rings. The van der Waals surface area contributed by atoms with E-state index >= 15 is 0 Å². The Morgan fingerprint density at radius 3 is 2.30 bits per heavy atom. The summed E-state index contributed by atoms with van der Waals surface area (Å²) < 4.78 is 10.6. The molecule has 0 bridgehead atoms. The highest BCUT2D eigenvalue weighted by molar-refractivity contribution is 5.79. The van der Waals surface area contributed by atoms with Gasteiger partial charge in [-0.1, -0.05) is 0 Å². The van der Waals surface area contributed by atoms with Crippen molar-refractivity contribution in [2.75, 3.05) is 53.5 Å². The Hall–Kier alpha value is -1.79. The lowest BCUT2D eigenvalue weighted by Gasteiger charge is -2.34. The molecule has 1 aromatic carbocycles. The maximum atomic E-state index is 12.5.